The van der Waals surface area contributed by atoms with Crippen LogP contribution >= 0.6 is 11.6 Å². The first-order chi connectivity index (χ1) is 15.6. The molecule has 3 aromatic rings. The quantitative estimate of drug-likeness (QED) is 0.508. The number of fused-ring (bicyclic) bond motifs is 1. The molecule has 0 aliphatic carbocycles. The van der Waals surface area contributed by atoms with E-state index in [1.54, 1.807) is 29.2 Å². The van der Waals surface area contributed by atoms with Crippen LogP contribution in [0.3, 0.4) is 0 Å². The Morgan fingerprint density at radius 2 is 1.88 bits per heavy atom. The summed E-state index contributed by atoms with van der Waals surface area (Å²) < 4.78 is 13.7. The standard InChI is InChI=1S/C20H20ClN9O2/c1-30-8-12(6-25-30)26-20-24-7-13(21)19(29-20)28-15-10-32-17-14(9-31-18(15)17)27-16-3-2-11(4-22)5-23-16/h2-3,5-8,14-15,17-18H,9-10H2,1H3,(H,23,27)(H2,24,26,28,29)/t14-,15+,17?,18?/m0/s1. The Morgan fingerprint density at radius 1 is 1.09 bits per heavy atom. The third kappa shape index (κ3) is 4.16. The Morgan fingerprint density at radius 3 is 2.53 bits per heavy atom. The van der Waals surface area contributed by atoms with E-state index >= 15 is 0 Å². The van der Waals surface area contributed by atoms with Crippen LogP contribution in [-0.4, -0.2) is 62.2 Å². The number of halogens is 1. The summed E-state index contributed by atoms with van der Waals surface area (Å²) in [4.78, 5) is 13.0. The smallest absolute Gasteiger partial charge is 0.229 e. The predicted molar refractivity (Wildman–Crippen MR) is 117 cm³/mol. The maximum absolute atomic E-state index is 8.91. The van der Waals surface area contributed by atoms with Crippen molar-refractivity contribution in [2.45, 2.75) is 24.3 Å². The lowest BCUT2D eigenvalue weighted by Gasteiger charge is -2.19. The Labute approximate surface area is 188 Å². The van der Waals surface area contributed by atoms with Gasteiger partial charge < -0.3 is 25.4 Å². The van der Waals surface area contributed by atoms with Crippen molar-refractivity contribution in [1.29, 1.82) is 5.26 Å². The second kappa shape index (κ2) is 8.58. The van der Waals surface area contributed by atoms with Gasteiger partial charge in [0, 0.05) is 19.4 Å². The van der Waals surface area contributed by atoms with Gasteiger partial charge in [-0.25, -0.2) is 9.97 Å². The fraction of sp³-hybridized carbons (Fsp3) is 0.350. The van der Waals surface area contributed by atoms with E-state index in [9.17, 15) is 0 Å². The first-order valence-corrected chi connectivity index (χ1v) is 10.4. The fourth-order valence-corrected chi connectivity index (χ4v) is 3.95. The largest absolute Gasteiger partial charge is 0.371 e. The summed E-state index contributed by atoms with van der Waals surface area (Å²) in [5.74, 6) is 1.57. The van der Waals surface area contributed by atoms with Gasteiger partial charge in [0.2, 0.25) is 5.95 Å². The molecule has 5 heterocycles. The fourth-order valence-electron chi connectivity index (χ4n) is 3.80. The highest BCUT2D eigenvalue weighted by atomic mass is 35.5. The number of pyridine rings is 1. The summed E-state index contributed by atoms with van der Waals surface area (Å²) in [5.41, 5.74) is 1.28. The van der Waals surface area contributed by atoms with Crippen molar-refractivity contribution >= 4 is 34.9 Å². The highest BCUT2D eigenvalue weighted by molar-refractivity contribution is 6.32. The number of aromatic nitrogens is 5. The molecule has 0 bridgehead atoms. The van der Waals surface area contributed by atoms with Crippen LogP contribution in [0.2, 0.25) is 5.02 Å². The zero-order valence-electron chi connectivity index (χ0n) is 17.1. The van der Waals surface area contributed by atoms with Crippen LogP contribution in [0.4, 0.5) is 23.3 Å². The molecule has 2 fully saturated rings. The Balaban J connectivity index is 1.24. The molecule has 3 N–H and O–H groups in total. The predicted octanol–water partition coefficient (Wildman–Crippen LogP) is 1.93. The first-order valence-electron chi connectivity index (χ1n) is 10.00. The molecule has 0 radical (unpaired) electrons. The minimum absolute atomic E-state index is 0.0593. The number of hydrogen-bond acceptors (Lipinski definition) is 10. The van der Waals surface area contributed by atoms with E-state index in [0.717, 1.165) is 5.69 Å². The number of nitriles is 1. The lowest BCUT2D eigenvalue weighted by Crippen LogP contribution is -2.38. The van der Waals surface area contributed by atoms with Crippen LogP contribution in [0, 0.1) is 11.3 Å². The van der Waals surface area contributed by atoms with Gasteiger partial charge in [-0.2, -0.15) is 15.3 Å². The highest BCUT2D eigenvalue weighted by Gasteiger charge is 2.48. The molecule has 11 nitrogen and oxygen atoms in total. The van der Waals surface area contributed by atoms with Gasteiger partial charge in [-0.3, -0.25) is 4.68 Å². The summed E-state index contributed by atoms with van der Waals surface area (Å²) in [6.07, 6.45) is 6.25. The molecule has 0 saturated carbocycles. The molecule has 4 atom stereocenters. The van der Waals surface area contributed by atoms with E-state index in [-0.39, 0.29) is 24.3 Å². The van der Waals surface area contributed by atoms with Gasteiger partial charge >= 0.3 is 0 Å². The normalized spacial score (nSPS) is 24.0. The van der Waals surface area contributed by atoms with Gasteiger partial charge in [0.05, 0.1) is 48.9 Å². The van der Waals surface area contributed by atoms with Gasteiger partial charge in [0.1, 0.15) is 29.1 Å². The Bertz CT molecular complexity index is 1150. The van der Waals surface area contributed by atoms with Crippen molar-refractivity contribution in [2.24, 2.45) is 7.05 Å². The lowest BCUT2D eigenvalue weighted by molar-refractivity contribution is 0.0707. The zero-order valence-corrected chi connectivity index (χ0v) is 17.8. The summed E-state index contributed by atoms with van der Waals surface area (Å²) in [6.45, 7) is 0.917. The second-order valence-corrected chi connectivity index (χ2v) is 7.97. The third-order valence-electron chi connectivity index (χ3n) is 5.31. The van der Waals surface area contributed by atoms with Crippen LogP contribution < -0.4 is 16.0 Å². The topological polar surface area (TPSA) is 135 Å². The minimum atomic E-state index is -0.174. The number of nitrogens with one attached hydrogen (secondary N) is 3. The average Bonchev–Trinajstić information content (AvgIpc) is 3.50. The molecule has 0 spiro atoms. The van der Waals surface area contributed by atoms with Gasteiger partial charge in [-0.05, 0) is 12.1 Å². The summed E-state index contributed by atoms with van der Waals surface area (Å²) in [5, 5.41) is 23.2. The number of anilines is 4. The molecule has 32 heavy (non-hydrogen) atoms. The lowest BCUT2D eigenvalue weighted by atomic mass is 10.1. The molecule has 2 saturated heterocycles. The van der Waals surface area contributed by atoms with Crippen LogP contribution in [0.15, 0.2) is 36.9 Å². The van der Waals surface area contributed by atoms with Gasteiger partial charge in [0.25, 0.3) is 0 Å². The SMILES string of the molecule is Cn1cc(Nc2ncc(Cl)c(N[C@@H]3COC4C3OC[C@@H]4Nc3ccc(C#N)cn3)n2)cn1. The maximum Gasteiger partial charge on any atom is 0.229 e. The van der Waals surface area contributed by atoms with Gasteiger partial charge in [0.15, 0.2) is 5.82 Å². The minimum Gasteiger partial charge on any atom is -0.371 e. The second-order valence-electron chi connectivity index (χ2n) is 7.56. The van der Waals surface area contributed by atoms with Crippen LogP contribution in [0.25, 0.3) is 0 Å². The molecule has 5 rings (SSSR count). The molecule has 12 heteroatoms. The van der Waals surface area contributed by atoms with E-state index in [0.29, 0.717) is 41.4 Å². The van der Waals surface area contributed by atoms with Gasteiger partial charge in [-0.15, -0.1) is 0 Å². The van der Waals surface area contributed by atoms with Crippen molar-refractivity contribution in [3.05, 3.63) is 47.5 Å². The molecule has 164 valence electrons. The number of hydrogen-bond donors (Lipinski definition) is 3. The average molecular weight is 454 g/mol. The number of ether oxygens (including phenoxy) is 2. The molecule has 0 aromatic carbocycles. The van der Waals surface area contributed by atoms with Crippen molar-refractivity contribution in [3.63, 3.8) is 0 Å². The van der Waals surface area contributed by atoms with Crippen LogP contribution in [0.5, 0.6) is 0 Å². The number of aryl methyl sites for hydroxylation is 1. The Hall–Kier alpha value is -3.46. The van der Waals surface area contributed by atoms with E-state index in [1.807, 2.05) is 13.2 Å². The first kappa shape index (κ1) is 20.4. The molecular weight excluding hydrogens is 434 g/mol. The van der Waals surface area contributed by atoms with Crippen molar-refractivity contribution in [1.82, 2.24) is 24.7 Å². The number of nitrogens with zero attached hydrogens (tertiary/aromatic N) is 6. The third-order valence-corrected chi connectivity index (χ3v) is 5.58. The monoisotopic (exact) mass is 453 g/mol. The summed E-state index contributed by atoms with van der Waals surface area (Å²) >= 11 is 6.33. The Kier molecular flexibility index (Phi) is 5.48. The zero-order chi connectivity index (χ0) is 22.1. The molecule has 2 aliphatic rings. The molecular formula is C20H20ClN9O2. The molecule has 0 amide bonds. The maximum atomic E-state index is 8.91. The van der Waals surface area contributed by atoms with Crippen molar-refractivity contribution in [3.8, 4) is 6.07 Å². The van der Waals surface area contributed by atoms with Crippen LogP contribution in [-0.2, 0) is 16.5 Å². The van der Waals surface area contributed by atoms with Gasteiger partial charge in [-0.1, -0.05) is 11.6 Å². The summed E-state index contributed by atoms with van der Waals surface area (Å²) in [6, 6.07) is 5.36. The van der Waals surface area contributed by atoms with Crippen molar-refractivity contribution in [2.75, 3.05) is 29.2 Å². The van der Waals surface area contributed by atoms with E-state index < -0.39 is 0 Å². The van der Waals surface area contributed by atoms with E-state index in [1.165, 1.54) is 6.20 Å². The molecule has 2 unspecified atom stereocenters. The van der Waals surface area contributed by atoms with Crippen LogP contribution in [0.1, 0.15) is 5.56 Å². The van der Waals surface area contributed by atoms with E-state index in [4.69, 9.17) is 26.3 Å². The van der Waals surface area contributed by atoms with Crippen molar-refractivity contribution < 1.29 is 9.47 Å². The number of rotatable bonds is 6. The highest BCUT2D eigenvalue weighted by Crippen LogP contribution is 2.32. The molecule has 2 aliphatic heterocycles. The summed E-state index contributed by atoms with van der Waals surface area (Å²) in [7, 11) is 1.83. The van der Waals surface area contributed by atoms with E-state index in [2.05, 4.69) is 42.1 Å². The molecule has 3 aromatic heterocycles.